The van der Waals surface area contributed by atoms with Gasteiger partial charge in [0, 0.05) is 43.4 Å². The van der Waals surface area contributed by atoms with Crippen LogP contribution in [-0.2, 0) is 27.3 Å². The Labute approximate surface area is 245 Å². The molecule has 10 nitrogen and oxygen atoms in total. The standard InChI is InChI=1S/C30H43N5O5S/c1-19-7-3-4-8-20(19)16-23-18-41-25(34-23)17-33-29(39)26(36)27(37)30(40)35-14-6-11-24(35)21-9-5-10-22(15-21)28(38)32-13-12-31-2/h3-4,7-8,18,21-22,24,26-27,31,36-37H,5-6,9-17H2,1-2H3,(H,32,38)(H,33,39)/t21?,22?,24-,26+,27+/m0/s1. The molecule has 0 spiro atoms. The number of hydrogen-bond acceptors (Lipinski definition) is 8. The number of rotatable bonds is 12. The summed E-state index contributed by atoms with van der Waals surface area (Å²) >= 11 is 1.41. The van der Waals surface area contributed by atoms with Crippen molar-refractivity contribution >= 4 is 29.1 Å². The molecule has 2 fully saturated rings. The molecule has 2 aliphatic rings. The fraction of sp³-hybridized carbons (Fsp3) is 0.600. The lowest BCUT2D eigenvalue weighted by molar-refractivity contribution is -0.154. The van der Waals surface area contributed by atoms with Gasteiger partial charge in [-0.25, -0.2) is 4.98 Å². The van der Waals surface area contributed by atoms with E-state index in [9.17, 15) is 24.6 Å². The molecule has 11 heteroatoms. The number of amides is 3. The molecule has 4 rings (SSSR count). The normalized spacial score (nSPS) is 22.2. The molecule has 5 N–H and O–H groups in total. The number of thiazole rings is 1. The highest BCUT2D eigenvalue weighted by atomic mass is 32.1. The van der Waals surface area contributed by atoms with Crippen LogP contribution in [0.1, 0.15) is 60.4 Å². The van der Waals surface area contributed by atoms with E-state index in [1.54, 1.807) is 4.90 Å². The summed E-state index contributed by atoms with van der Waals surface area (Å²) in [7, 11) is 1.84. The minimum Gasteiger partial charge on any atom is -0.380 e. The molecular weight excluding hydrogens is 542 g/mol. The highest BCUT2D eigenvalue weighted by Crippen LogP contribution is 2.37. The SMILES string of the molecule is CNCCNC(=O)C1CCCC([C@@H]2CCCN2C(=O)[C@H](O)[C@@H](O)C(=O)NCc2nc(Cc3ccccc3C)cs2)C1. The van der Waals surface area contributed by atoms with Crippen molar-refractivity contribution in [2.45, 2.75) is 76.7 Å². The average molecular weight is 586 g/mol. The molecule has 41 heavy (non-hydrogen) atoms. The molecule has 0 radical (unpaired) electrons. The Morgan fingerprint density at radius 3 is 2.66 bits per heavy atom. The van der Waals surface area contributed by atoms with Gasteiger partial charge in [-0.3, -0.25) is 14.4 Å². The number of aromatic nitrogens is 1. The smallest absolute Gasteiger partial charge is 0.254 e. The summed E-state index contributed by atoms with van der Waals surface area (Å²) in [5.74, 6) is -1.34. The Morgan fingerprint density at radius 2 is 1.88 bits per heavy atom. The van der Waals surface area contributed by atoms with E-state index in [2.05, 4.69) is 40.0 Å². The molecule has 224 valence electrons. The maximum atomic E-state index is 13.3. The molecular formula is C30H43N5O5S. The molecule has 0 bridgehead atoms. The van der Waals surface area contributed by atoms with Crippen molar-refractivity contribution in [3.63, 3.8) is 0 Å². The zero-order valence-electron chi connectivity index (χ0n) is 24.0. The number of nitrogens with one attached hydrogen (secondary N) is 3. The number of aryl methyl sites for hydroxylation is 1. The van der Waals surface area contributed by atoms with Crippen LogP contribution in [0.3, 0.4) is 0 Å². The van der Waals surface area contributed by atoms with Crippen LogP contribution in [0.4, 0.5) is 0 Å². The lowest BCUT2D eigenvalue weighted by Crippen LogP contribution is -2.53. The van der Waals surface area contributed by atoms with Crippen molar-refractivity contribution in [1.29, 1.82) is 0 Å². The fourth-order valence-electron chi connectivity index (χ4n) is 6.06. The Hall–Kier alpha value is -2.86. The number of likely N-dealkylation sites (N-methyl/N-ethyl adjacent to an activating group) is 1. The van der Waals surface area contributed by atoms with E-state index < -0.39 is 24.0 Å². The second-order valence-electron chi connectivity index (χ2n) is 11.2. The van der Waals surface area contributed by atoms with Gasteiger partial charge in [-0.05, 0) is 63.1 Å². The molecule has 2 aromatic rings. The summed E-state index contributed by atoms with van der Waals surface area (Å²) in [5.41, 5.74) is 3.26. The number of aliphatic hydroxyl groups is 2. The first-order chi connectivity index (χ1) is 19.8. The summed E-state index contributed by atoms with van der Waals surface area (Å²) in [4.78, 5) is 44.8. The first-order valence-corrected chi connectivity index (χ1v) is 15.5. The van der Waals surface area contributed by atoms with E-state index in [0.717, 1.165) is 37.8 Å². The van der Waals surface area contributed by atoms with Gasteiger partial charge in [0.2, 0.25) is 5.91 Å². The van der Waals surface area contributed by atoms with Gasteiger partial charge in [-0.2, -0.15) is 0 Å². The largest absolute Gasteiger partial charge is 0.380 e. The van der Waals surface area contributed by atoms with Crippen LogP contribution in [0.5, 0.6) is 0 Å². The Morgan fingerprint density at radius 1 is 1.07 bits per heavy atom. The van der Waals surface area contributed by atoms with Crippen molar-refractivity contribution in [2.24, 2.45) is 11.8 Å². The fourth-order valence-corrected chi connectivity index (χ4v) is 6.79. The lowest BCUT2D eigenvalue weighted by atomic mass is 9.76. The van der Waals surface area contributed by atoms with Crippen LogP contribution in [0.25, 0.3) is 0 Å². The van der Waals surface area contributed by atoms with E-state index in [0.29, 0.717) is 37.5 Å². The number of carbonyl (C=O) groups excluding carboxylic acids is 3. The molecule has 2 heterocycles. The zero-order valence-corrected chi connectivity index (χ0v) is 24.8. The summed E-state index contributed by atoms with van der Waals surface area (Å²) in [6.45, 7) is 3.90. The van der Waals surface area contributed by atoms with E-state index in [1.165, 1.54) is 22.5 Å². The number of benzene rings is 1. The Bertz CT molecular complexity index is 1190. The number of aliphatic hydroxyl groups excluding tert-OH is 2. The van der Waals surface area contributed by atoms with Gasteiger partial charge in [0.15, 0.2) is 12.2 Å². The Kier molecular flexibility index (Phi) is 11.3. The molecule has 1 aliphatic carbocycles. The maximum Gasteiger partial charge on any atom is 0.254 e. The van der Waals surface area contributed by atoms with Crippen molar-refractivity contribution in [3.05, 3.63) is 51.5 Å². The van der Waals surface area contributed by atoms with Gasteiger partial charge in [0.1, 0.15) is 5.01 Å². The third-order valence-electron chi connectivity index (χ3n) is 8.35. The van der Waals surface area contributed by atoms with Crippen LogP contribution in [0.15, 0.2) is 29.6 Å². The van der Waals surface area contributed by atoms with Gasteiger partial charge in [-0.1, -0.05) is 30.7 Å². The number of nitrogens with zero attached hydrogens (tertiary/aromatic N) is 2. The second-order valence-corrected chi connectivity index (χ2v) is 12.1. The van der Waals surface area contributed by atoms with Crippen LogP contribution in [-0.4, -0.2) is 82.8 Å². The number of likely N-dealkylation sites (tertiary alicyclic amines) is 1. The Balaban J connectivity index is 1.28. The highest BCUT2D eigenvalue weighted by Gasteiger charge is 2.42. The molecule has 1 aliphatic heterocycles. The predicted octanol–water partition coefficient (Wildman–Crippen LogP) is 1.51. The summed E-state index contributed by atoms with van der Waals surface area (Å²) in [6.07, 6.45) is 1.86. The number of hydrogen-bond donors (Lipinski definition) is 5. The highest BCUT2D eigenvalue weighted by molar-refractivity contribution is 7.09. The van der Waals surface area contributed by atoms with Gasteiger partial charge in [0.25, 0.3) is 11.8 Å². The molecule has 3 amide bonds. The minimum absolute atomic E-state index is 0.0514. The zero-order chi connectivity index (χ0) is 29.4. The second kappa shape index (κ2) is 14.9. The van der Waals surface area contributed by atoms with Gasteiger partial charge in [-0.15, -0.1) is 11.3 Å². The van der Waals surface area contributed by atoms with Crippen LogP contribution >= 0.6 is 11.3 Å². The quantitative estimate of drug-likeness (QED) is 0.238. The summed E-state index contributed by atoms with van der Waals surface area (Å²) in [6, 6.07) is 7.99. The van der Waals surface area contributed by atoms with Crippen LogP contribution < -0.4 is 16.0 Å². The van der Waals surface area contributed by atoms with Crippen LogP contribution in [0.2, 0.25) is 0 Å². The summed E-state index contributed by atoms with van der Waals surface area (Å²) in [5, 5.41) is 32.5. The van der Waals surface area contributed by atoms with E-state index in [4.69, 9.17) is 0 Å². The summed E-state index contributed by atoms with van der Waals surface area (Å²) < 4.78 is 0. The van der Waals surface area contributed by atoms with Crippen molar-refractivity contribution in [1.82, 2.24) is 25.8 Å². The van der Waals surface area contributed by atoms with E-state index in [1.807, 2.05) is 24.6 Å². The third kappa shape index (κ3) is 8.12. The monoisotopic (exact) mass is 585 g/mol. The lowest BCUT2D eigenvalue weighted by Gasteiger charge is -2.37. The first-order valence-electron chi connectivity index (χ1n) is 14.6. The van der Waals surface area contributed by atoms with Crippen molar-refractivity contribution < 1.29 is 24.6 Å². The van der Waals surface area contributed by atoms with Crippen LogP contribution in [0, 0.1) is 18.8 Å². The molecule has 1 saturated carbocycles. The van der Waals surface area contributed by atoms with Gasteiger partial charge in [0.05, 0.1) is 12.2 Å². The predicted molar refractivity (Wildman–Crippen MR) is 157 cm³/mol. The molecule has 1 aromatic carbocycles. The van der Waals surface area contributed by atoms with Crippen molar-refractivity contribution in [3.8, 4) is 0 Å². The minimum atomic E-state index is -1.88. The molecule has 1 saturated heterocycles. The molecule has 1 aromatic heterocycles. The van der Waals surface area contributed by atoms with E-state index in [-0.39, 0.29) is 30.3 Å². The first kappa shape index (κ1) is 31.1. The topological polar surface area (TPSA) is 144 Å². The van der Waals surface area contributed by atoms with Gasteiger partial charge >= 0.3 is 0 Å². The number of carbonyl (C=O) groups is 3. The average Bonchev–Trinajstić information content (AvgIpc) is 3.66. The van der Waals surface area contributed by atoms with E-state index >= 15 is 0 Å². The van der Waals surface area contributed by atoms with Crippen molar-refractivity contribution in [2.75, 3.05) is 26.7 Å². The third-order valence-corrected chi connectivity index (χ3v) is 9.25. The molecule has 2 unspecified atom stereocenters. The van der Waals surface area contributed by atoms with Gasteiger partial charge < -0.3 is 31.1 Å². The maximum absolute atomic E-state index is 13.3. The molecule has 5 atom stereocenters.